The lowest BCUT2D eigenvalue weighted by Crippen LogP contribution is -2.22. The molecule has 1 aromatic carbocycles. The first kappa shape index (κ1) is 16.0. The maximum absolute atomic E-state index is 12.5. The lowest BCUT2D eigenvalue weighted by molar-refractivity contribution is -0.512. The second-order valence-corrected chi connectivity index (χ2v) is 6.15. The standard InChI is InChI=1S/C20H17N5O/c1-13-8-9-14(2)21-18(13)19(26)23-17-10-11-25-12-16(22-20(25)24-17)15-6-4-3-5-7-15/h3-12H,1-2H3,(H,22,23,24,26)/p+1. The average molecular weight is 344 g/mol. The second kappa shape index (κ2) is 6.40. The van der Waals surface area contributed by atoms with Gasteiger partial charge in [-0.05, 0) is 25.5 Å². The van der Waals surface area contributed by atoms with Crippen LogP contribution in [0.2, 0.25) is 0 Å². The molecule has 26 heavy (non-hydrogen) atoms. The molecular weight excluding hydrogens is 326 g/mol. The summed E-state index contributed by atoms with van der Waals surface area (Å²) >= 11 is 0. The van der Waals surface area contributed by atoms with Gasteiger partial charge in [0.15, 0.2) is 0 Å². The van der Waals surface area contributed by atoms with E-state index in [4.69, 9.17) is 0 Å². The number of nitrogens with one attached hydrogen (secondary N) is 2. The van der Waals surface area contributed by atoms with E-state index in [-0.39, 0.29) is 5.91 Å². The fourth-order valence-corrected chi connectivity index (χ4v) is 2.78. The van der Waals surface area contributed by atoms with E-state index in [1.165, 1.54) is 0 Å². The van der Waals surface area contributed by atoms with Gasteiger partial charge in [-0.15, -0.1) is 0 Å². The molecule has 6 heteroatoms. The summed E-state index contributed by atoms with van der Waals surface area (Å²) in [5, 5.41) is 2.82. The number of nitrogens with zero attached hydrogens (tertiary/aromatic N) is 3. The van der Waals surface area contributed by atoms with Crippen LogP contribution in [-0.2, 0) is 0 Å². The van der Waals surface area contributed by atoms with E-state index in [2.05, 4.69) is 20.3 Å². The Bertz CT molecular complexity index is 1100. The zero-order valence-corrected chi connectivity index (χ0v) is 14.5. The summed E-state index contributed by atoms with van der Waals surface area (Å²) in [5.41, 5.74) is 4.07. The molecule has 6 nitrogen and oxygen atoms in total. The van der Waals surface area contributed by atoms with Crippen molar-refractivity contribution in [3.63, 3.8) is 0 Å². The van der Waals surface area contributed by atoms with Crippen LogP contribution in [0.25, 0.3) is 17.0 Å². The van der Waals surface area contributed by atoms with Gasteiger partial charge in [-0.2, -0.15) is 0 Å². The van der Waals surface area contributed by atoms with Crippen molar-refractivity contribution in [1.29, 1.82) is 0 Å². The van der Waals surface area contributed by atoms with Gasteiger partial charge in [0.2, 0.25) is 5.82 Å². The first-order valence-electron chi connectivity index (χ1n) is 8.32. The summed E-state index contributed by atoms with van der Waals surface area (Å²) in [4.78, 5) is 24.6. The summed E-state index contributed by atoms with van der Waals surface area (Å²) in [5.74, 6) is 0.854. The number of anilines is 1. The molecule has 0 aliphatic rings. The minimum absolute atomic E-state index is 0.266. The molecule has 2 N–H and O–H groups in total. The van der Waals surface area contributed by atoms with Crippen LogP contribution in [0.15, 0.2) is 60.9 Å². The van der Waals surface area contributed by atoms with Crippen molar-refractivity contribution < 1.29 is 9.20 Å². The number of aromatic amines is 1. The van der Waals surface area contributed by atoms with E-state index >= 15 is 0 Å². The minimum atomic E-state index is -0.266. The van der Waals surface area contributed by atoms with E-state index in [0.29, 0.717) is 17.3 Å². The number of hydrogen-bond acceptors (Lipinski definition) is 3. The third-order valence-corrected chi connectivity index (χ3v) is 4.16. The maximum Gasteiger partial charge on any atom is 0.403 e. The van der Waals surface area contributed by atoms with Gasteiger partial charge in [0, 0.05) is 17.3 Å². The topological polar surface area (TPSA) is 74.8 Å². The number of fused-ring (bicyclic) bond motifs is 1. The smallest absolute Gasteiger partial charge is 0.291 e. The van der Waals surface area contributed by atoms with Crippen LogP contribution >= 0.6 is 0 Å². The Morgan fingerprint density at radius 3 is 2.65 bits per heavy atom. The van der Waals surface area contributed by atoms with Crippen molar-refractivity contribution in [3.05, 3.63) is 77.9 Å². The summed E-state index contributed by atoms with van der Waals surface area (Å²) in [6.45, 7) is 3.73. The molecule has 0 bridgehead atoms. The van der Waals surface area contributed by atoms with Crippen LogP contribution in [0.3, 0.4) is 0 Å². The van der Waals surface area contributed by atoms with Gasteiger partial charge in [-0.25, -0.2) is 14.4 Å². The summed E-state index contributed by atoms with van der Waals surface area (Å²) in [7, 11) is 0. The zero-order chi connectivity index (χ0) is 18.1. The lowest BCUT2D eigenvalue weighted by atomic mass is 10.2. The molecule has 0 unspecified atom stereocenters. The number of aromatic nitrogens is 4. The molecule has 3 heterocycles. The van der Waals surface area contributed by atoms with Crippen LogP contribution < -0.4 is 9.72 Å². The van der Waals surface area contributed by atoms with E-state index in [0.717, 1.165) is 22.5 Å². The highest BCUT2D eigenvalue weighted by Crippen LogP contribution is 2.16. The quantitative estimate of drug-likeness (QED) is 0.561. The second-order valence-electron chi connectivity index (χ2n) is 6.15. The normalized spacial score (nSPS) is 10.8. The van der Waals surface area contributed by atoms with Crippen molar-refractivity contribution in [2.24, 2.45) is 0 Å². The van der Waals surface area contributed by atoms with Crippen LogP contribution in [0.4, 0.5) is 5.82 Å². The molecule has 0 saturated heterocycles. The molecule has 0 atom stereocenters. The fourth-order valence-electron chi connectivity index (χ4n) is 2.78. The number of pyridine rings is 1. The van der Waals surface area contributed by atoms with Crippen LogP contribution in [0.1, 0.15) is 21.7 Å². The first-order valence-corrected chi connectivity index (χ1v) is 8.32. The third kappa shape index (κ3) is 3.04. The monoisotopic (exact) mass is 344 g/mol. The highest BCUT2D eigenvalue weighted by Gasteiger charge is 2.16. The number of benzene rings is 1. The van der Waals surface area contributed by atoms with Crippen LogP contribution in [0, 0.1) is 13.8 Å². The molecule has 3 aromatic heterocycles. The SMILES string of the molecule is Cc1ccc(C)c(C(=O)Nc2cc[n+]3cc(-c4ccccc4)[nH]c3n2)n1. The molecule has 0 aliphatic heterocycles. The highest BCUT2D eigenvalue weighted by molar-refractivity contribution is 6.03. The number of carbonyl (C=O) groups excluding carboxylic acids is 1. The number of H-pyrrole nitrogens is 1. The van der Waals surface area contributed by atoms with Gasteiger partial charge in [0.05, 0.1) is 6.20 Å². The van der Waals surface area contributed by atoms with Gasteiger partial charge >= 0.3 is 5.78 Å². The summed E-state index contributed by atoms with van der Waals surface area (Å²) in [6.07, 6.45) is 3.83. The molecule has 0 spiro atoms. The average Bonchev–Trinajstić information content (AvgIpc) is 3.08. The van der Waals surface area contributed by atoms with Gasteiger partial charge in [0.1, 0.15) is 17.6 Å². The Morgan fingerprint density at radius 1 is 1.04 bits per heavy atom. The molecule has 0 aliphatic carbocycles. The van der Waals surface area contributed by atoms with Crippen LogP contribution in [0.5, 0.6) is 0 Å². The van der Waals surface area contributed by atoms with Crippen LogP contribution in [-0.4, -0.2) is 20.9 Å². The Balaban J connectivity index is 1.63. The third-order valence-electron chi connectivity index (χ3n) is 4.16. The van der Waals surface area contributed by atoms with Crippen molar-refractivity contribution in [3.8, 4) is 11.3 Å². The van der Waals surface area contributed by atoms with Gasteiger partial charge in [0.25, 0.3) is 5.91 Å². The van der Waals surface area contributed by atoms with E-state index in [1.54, 1.807) is 6.07 Å². The molecule has 0 fully saturated rings. The number of rotatable bonds is 3. The molecule has 0 saturated carbocycles. The Kier molecular flexibility index (Phi) is 3.93. The molecule has 1 amide bonds. The molecule has 128 valence electrons. The van der Waals surface area contributed by atoms with E-state index in [1.807, 2.05) is 73.1 Å². The number of amides is 1. The Labute approximate surface area is 150 Å². The number of carbonyl (C=O) groups is 1. The molecular formula is C20H18N5O+. The summed E-state index contributed by atoms with van der Waals surface area (Å²) in [6, 6.07) is 15.5. The molecule has 4 rings (SSSR count). The predicted octanol–water partition coefficient (Wildman–Crippen LogP) is 3.08. The predicted molar refractivity (Wildman–Crippen MR) is 98.8 cm³/mol. The zero-order valence-electron chi connectivity index (χ0n) is 14.5. The highest BCUT2D eigenvalue weighted by atomic mass is 16.1. The maximum atomic E-state index is 12.5. The number of imidazole rings is 1. The molecule has 0 radical (unpaired) electrons. The molecule has 4 aromatic rings. The Morgan fingerprint density at radius 2 is 1.85 bits per heavy atom. The van der Waals surface area contributed by atoms with Crippen molar-refractivity contribution >= 4 is 17.5 Å². The largest absolute Gasteiger partial charge is 0.403 e. The van der Waals surface area contributed by atoms with Crippen molar-refractivity contribution in [2.75, 3.05) is 5.32 Å². The number of hydrogen-bond donors (Lipinski definition) is 2. The minimum Gasteiger partial charge on any atom is -0.291 e. The first-order chi connectivity index (χ1) is 12.6. The van der Waals surface area contributed by atoms with Gasteiger partial charge < -0.3 is 0 Å². The van der Waals surface area contributed by atoms with Crippen molar-refractivity contribution in [1.82, 2.24) is 15.0 Å². The number of aryl methyl sites for hydroxylation is 2. The van der Waals surface area contributed by atoms with Crippen molar-refractivity contribution in [2.45, 2.75) is 13.8 Å². The van der Waals surface area contributed by atoms with Gasteiger partial charge in [-0.3, -0.25) is 10.1 Å². The Hall–Kier alpha value is -3.54. The van der Waals surface area contributed by atoms with E-state index in [9.17, 15) is 4.79 Å². The van der Waals surface area contributed by atoms with E-state index < -0.39 is 0 Å². The fraction of sp³-hybridized carbons (Fsp3) is 0.100. The lowest BCUT2D eigenvalue weighted by Gasteiger charge is -2.05. The van der Waals surface area contributed by atoms with Gasteiger partial charge in [-0.1, -0.05) is 41.4 Å². The summed E-state index contributed by atoms with van der Waals surface area (Å²) < 4.78 is 1.88.